The maximum absolute atomic E-state index is 13.9. The molecule has 5 aromatic rings. The van der Waals surface area contributed by atoms with Crippen molar-refractivity contribution in [2.75, 3.05) is 12.0 Å². The fraction of sp³-hybridized carbons (Fsp3) is 0.103. The van der Waals surface area contributed by atoms with Gasteiger partial charge in [-0.2, -0.15) is 0 Å². The van der Waals surface area contributed by atoms with Crippen molar-refractivity contribution in [3.63, 3.8) is 0 Å². The minimum atomic E-state index is -0.996. The Kier molecular flexibility index (Phi) is 7.48. The quantitative estimate of drug-likeness (QED) is 0.107. The number of aliphatic hydroxyl groups is 1. The van der Waals surface area contributed by atoms with Gasteiger partial charge in [-0.15, -0.1) is 10.2 Å². The van der Waals surface area contributed by atoms with Gasteiger partial charge in [0.25, 0.3) is 5.91 Å². The zero-order valence-corrected chi connectivity index (χ0v) is 24.4. The van der Waals surface area contributed by atoms with Crippen LogP contribution in [0.2, 0.25) is 10.0 Å². The number of Topliss-reactive ketones (excluding diaryl/α,β-unsaturated/α-hetero) is 1. The zero-order valence-electron chi connectivity index (χ0n) is 21.2. The van der Waals surface area contributed by atoms with Crippen molar-refractivity contribution in [1.29, 1.82) is 0 Å². The van der Waals surface area contributed by atoms with Crippen molar-refractivity contribution >= 4 is 74.1 Å². The highest BCUT2D eigenvalue weighted by atomic mass is 35.5. The van der Waals surface area contributed by atoms with E-state index < -0.39 is 23.5 Å². The van der Waals surface area contributed by atoms with Gasteiger partial charge >= 0.3 is 0 Å². The number of ether oxygens (including phenoxy) is 1. The molecule has 8 nitrogen and oxygen atoms in total. The number of anilines is 1. The first-order valence-corrected chi connectivity index (χ1v) is 14.7. The Hall–Kier alpha value is -3.83. The first-order valence-electron chi connectivity index (χ1n) is 12.2. The summed E-state index contributed by atoms with van der Waals surface area (Å²) in [6.07, 6.45) is 0. The molecule has 41 heavy (non-hydrogen) atoms. The van der Waals surface area contributed by atoms with Crippen LogP contribution in [0, 0.1) is 0 Å². The molecule has 0 saturated heterocycles. The molecule has 3 heterocycles. The second-order valence-electron chi connectivity index (χ2n) is 8.98. The number of carbonyl (C=O) groups excluding carboxylic acids is 2. The van der Waals surface area contributed by atoms with Crippen molar-refractivity contribution in [3.8, 4) is 5.75 Å². The zero-order chi connectivity index (χ0) is 28.7. The van der Waals surface area contributed by atoms with Crippen LogP contribution in [0.1, 0.15) is 27.7 Å². The topological polar surface area (TPSA) is 106 Å². The van der Waals surface area contributed by atoms with Crippen molar-refractivity contribution in [3.05, 3.63) is 111 Å². The van der Waals surface area contributed by atoms with Crippen LogP contribution in [0.25, 0.3) is 11.0 Å². The lowest BCUT2D eigenvalue weighted by atomic mass is 9.95. The smallest absolute Gasteiger partial charge is 0.296 e. The van der Waals surface area contributed by atoms with Crippen LogP contribution in [0.3, 0.4) is 0 Å². The third-order valence-corrected chi connectivity index (χ3v) is 9.10. The summed E-state index contributed by atoms with van der Waals surface area (Å²) in [5, 5.41) is 21.6. The van der Waals surface area contributed by atoms with E-state index in [1.54, 1.807) is 48.5 Å². The second kappa shape index (κ2) is 11.2. The summed E-state index contributed by atoms with van der Waals surface area (Å²) >= 11 is 14.7. The molecule has 0 radical (unpaired) electrons. The number of thioether (sulfide) groups is 1. The number of carbonyl (C=O) groups is 2. The van der Waals surface area contributed by atoms with Gasteiger partial charge in [-0.3, -0.25) is 14.5 Å². The molecule has 1 unspecified atom stereocenters. The van der Waals surface area contributed by atoms with Gasteiger partial charge in [-0.1, -0.05) is 82.7 Å². The highest BCUT2D eigenvalue weighted by Gasteiger charge is 2.46. The number of fused-ring (bicyclic) bond motifs is 1. The molecule has 0 saturated carbocycles. The first-order chi connectivity index (χ1) is 19.8. The molecule has 0 aliphatic carbocycles. The molecule has 206 valence electrons. The standard InChI is InChI=1S/C29H19Cl2N3O5S2/c1-38-20-4-2-3-17-13-21(39-26(17)20)24(35)22-23(16-7-11-19(31)12-8-16)34(27(37)25(22)36)28-32-33-29(41-28)40-14-15-5-9-18(30)10-6-15/h2-13,23,36H,14H2,1H3. The SMILES string of the molecule is COc1cccc2cc(C(=O)C3=C(O)C(=O)N(c4nnc(SCc5ccc(Cl)cc5)s4)C3c3ccc(Cl)cc3)oc12. The number of benzene rings is 3. The number of furan rings is 1. The van der Waals surface area contributed by atoms with Crippen LogP contribution in [-0.2, 0) is 10.5 Å². The second-order valence-corrected chi connectivity index (χ2v) is 12.0. The van der Waals surface area contributed by atoms with Crippen LogP contribution in [0.5, 0.6) is 5.75 Å². The third-order valence-electron chi connectivity index (χ3n) is 6.47. The van der Waals surface area contributed by atoms with Crippen LogP contribution in [0.15, 0.2) is 92.9 Å². The minimum Gasteiger partial charge on any atom is -0.503 e. The Labute approximate surface area is 252 Å². The summed E-state index contributed by atoms with van der Waals surface area (Å²) in [7, 11) is 1.50. The maximum atomic E-state index is 13.9. The van der Waals surface area contributed by atoms with Gasteiger partial charge in [0.2, 0.25) is 10.9 Å². The summed E-state index contributed by atoms with van der Waals surface area (Å²) < 4.78 is 11.8. The highest BCUT2D eigenvalue weighted by Crippen LogP contribution is 2.44. The van der Waals surface area contributed by atoms with Gasteiger partial charge in [-0.05, 0) is 47.5 Å². The number of aromatic nitrogens is 2. The Bertz CT molecular complexity index is 1820. The summed E-state index contributed by atoms with van der Waals surface area (Å²) in [5.74, 6) is -1.08. The summed E-state index contributed by atoms with van der Waals surface area (Å²) in [6, 6.07) is 20.0. The molecule has 2 aromatic heterocycles. The molecule has 1 amide bonds. The number of hydrogen-bond donors (Lipinski definition) is 1. The lowest BCUT2D eigenvalue weighted by molar-refractivity contribution is -0.117. The number of nitrogens with zero attached hydrogens (tertiary/aromatic N) is 3. The van der Waals surface area contributed by atoms with E-state index in [1.165, 1.54) is 35.1 Å². The van der Waals surface area contributed by atoms with Gasteiger partial charge < -0.3 is 14.3 Å². The van der Waals surface area contributed by atoms with E-state index >= 15 is 0 Å². The molecule has 1 atom stereocenters. The van der Waals surface area contributed by atoms with E-state index in [0.717, 1.165) is 5.56 Å². The number of hydrogen-bond acceptors (Lipinski definition) is 9. The number of para-hydroxylation sites is 1. The van der Waals surface area contributed by atoms with Crippen LogP contribution >= 0.6 is 46.3 Å². The molecule has 0 spiro atoms. The fourth-order valence-corrected chi connectivity index (χ4v) is 6.60. The van der Waals surface area contributed by atoms with Gasteiger partial charge in [0.15, 0.2) is 27.2 Å². The molecule has 0 bridgehead atoms. The summed E-state index contributed by atoms with van der Waals surface area (Å²) in [6.45, 7) is 0. The predicted octanol–water partition coefficient (Wildman–Crippen LogP) is 7.67. The summed E-state index contributed by atoms with van der Waals surface area (Å²) in [4.78, 5) is 28.7. The van der Waals surface area contributed by atoms with Crippen molar-refractivity contribution < 1.29 is 23.8 Å². The Balaban J connectivity index is 1.36. The van der Waals surface area contributed by atoms with Gasteiger partial charge in [0.1, 0.15) is 0 Å². The Morgan fingerprint density at radius 3 is 2.49 bits per heavy atom. The minimum absolute atomic E-state index is 0.0452. The molecular weight excluding hydrogens is 605 g/mol. The number of halogens is 2. The number of ketones is 1. The van der Waals surface area contributed by atoms with E-state index in [2.05, 4.69) is 10.2 Å². The number of amides is 1. The monoisotopic (exact) mass is 623 g/mol. The maximum Gasteiger partial charge on any atom is 0.296 e. The van der Waals surface area contributed by atoms with Gasteiger partial charge in [0.05, 0.1) is 18.7 Å². The highest BCUT2D eigenvalue weighted by molar-refractivity contribution is 8.00. The van der Waals surface area contributed by atoms with Crippen LogP contribution in [-0.4, -0.2) is 34.1 Å². The molecule has 0 fully saturated rings. The first kappa shape index (κ1) is 27.3. The van der Waals surface area contributed by atoms with Gasteiger partial charge in [0, 0.05) is 21.2 Å². The third kappa shape index (κ3) is 5.19. The van der Waals surface area contributed by atoms with Gasteiger partial charge in [-0.25, -0.2) is 0 Å². The number of methoxy groups -OCH3 is 1. The Morgan fingerprint density at radius 1 is 1.07 bits per heavy atom. The molecule has 12 heteroatoms. The fourth-order valence-electron chi connectivity index (χ4n) is 4.52. The average Bonchev–Trinajstić information content (AvgIpc) is 3.69. The van der Waals surface area contributed by atoms with Crippen molar-refractivity contribution in [2.45, 2.75) is 16.1 Å². The average molecular weight is 625 g/mol. The van der Waals surface area contributed by atoms with Crippen LogP contribution < -0.4 is 9.64 Å². The van der Waals surface area contributed by atoms with E-state index in [-0.39, 0.29) is 16.5 Å². The van der Waals surface area contributed by atoms with E-state index in [9.17, 15) is 14.7 Å². The van der Waals surface area contributed by atoms with Crippen molar-refractivity contribution in [1.82, 2.24) is 10.2 Å². The van der Waals surface area contributed by atoms with E-state index in [1.807, 2.05) is 24.3 Å². The normalized spacial score (nSPS) is 15.2. The predicted molar refractivity (Wildman–Crippen MR) is 159 cm³/mol. The molecule has 3 aromatic carbocycles. The molecule has 1 aliphatic rings. The molecule has 1 N–H and O–H groups in total. The summed E-state index contributed by atoms with van der Waals surface area (Å²) in [5.41, 5.74) is 1.84. The molecular formula is C29H19Cl2N3O5S2. The van der Waals surface area contributed by atoms with E-state index in [0.29, 0.717) is 42.4 Å². The molecule has 1 aliphatic heterocycles. The largest absolute Gasteiger partial charge is 0.503 e. The Morgan fingerprint density at radius 2 is 1.78 bits per heavy atom. The number of aliphatic hydroxyl groups excluding tert-OH is 1. The van der Waals surface area contributed by atoms with E-state index in [4.69, 9.17) is 32.4 Å². The lowest BCUT2D eigenvalue weighted by Gasteiger charge is -2.23. The lowest BCUT2D eigenvalue weighted by Crippen LogP contribution is -2.31. The van der Waals surface area contributed by atoms with Crippen molar-refractivity contribution in [2.24, 2.45) is 0 Å². The number of rotatable bonds is 8. The molecule has 6 rings (SSSR count). The van der Waals surface area contributed by atoms with Crippen LogP contribution in [0.4, 0.5) is 5.13 Å².